The van der Waals surface area contributed by atoms with Gasteiger partial charge in [0.2, 0.25) is 0 Å². The van der Waals surface area contributed by atoms with Gasteiger partial charge in [-0.15, -0.1) is 11.3 Å². The summed E-state index contributed by atoms with van der Waals surface area (Å²) in [5.74, 6) is -0.311. The summed E-state index contributed by atoms with van der Waals surface area (Å²) in [6, 6.07) is 5.86. The van der Waals surface area contributed by atoms with E-state index >= 15 is 0 Å². The lowest BCUT2D eigenvalue weighted by Gasteiger charge is -2.06. The highest BCUT2D eigenvalue weighted by atomic mass is 35.5. The predicted octanol–water partition coefficient (Wildman–Crippen LogP) is 3.42. The van der Waals surface area contributed by atoms with Gasteiger partial charge in [-0.25, -0.2) is 9.59 Å². The zero-order chi connectivity index (χ0) is 15.4. The molecule has 0 bridgehead atoms. The molecule has 0 spiro atoms. The summed E-state index contributed by atoms with van der Waals surface area (Å²) in [5, 5.41) is 1.84. The van der Waals surface area contributed by atoms with E-state index in [2.05, 4.69) is 4.74 Å². The normalized spacial score (nSPS) is 10.0. The van der Waals surface area contributed by atoms with Gasteiger partial charge in [0, 0.05) is 11.4 Å². The molecule has 7 heteroatoms. The third-order valence-corrected chi connectivity index (χ3v) is 3.75. The van der Waals surface area contributed by atoms with Crippen LogP contribution in [-0.4, -0.2) is 26.2 Å². The number of halogens is 1. The van der Waals surface area contributed by atoms with Gasteiger partial charge in [0.25, 0.3) is 0 Å². The van der Waals surface area contributed by atoms with Gasteiger partial charge in [-0.2, -0.15) is 0 Å². The predicted molar refractivity (Wildman–Crippen MR) is 78.6 cm³/mol. The second kappa shape index (κ2) is 6.60. The van der Waals surface area contributed by atoms with Crippen molar-refractivity contribution in [2.24, 2.45) is 0 Å². The molecule has 0 fully saturated rings. The van der Waals surface area contributed by atoms with Gasteiger partial charge in [0.05, 0.1) is 24.8 Å². The van der Waals surface area contributed by atoms with Crippen molar-refractivity contribution < 1.29 is 23.8 Å². The van der Waals surface area contributed by atoms with Crippen molar-refractivity contribution in [3.05, 3.63) is 45.1 Å². The number of carbonyl (C=O) groups is 2. The summed E-state index contributed by atoms with van der Waals surface area (Å²) in [4.78, 5) is 23.7. The smallest absolute Gasteiger partial charge is 0.353 e. The van der Waals surface area contributed by atoms with Crippen LogP contribution in [0.3, 0.4) is 0 Å². The second-order valence-electron chi connectivity index (χ2n) is 3.88. The van der Waals surface area contributed by atoms with Crippen LogP contribution in [0.4, 0.5) is 0 Å². The van der Waals surface area contributed by atoms with Crippen molar-refractivity contribution in [2.45, 2.75) is 0 Å². The number of ether oxygens (including phenoxy) is 3. The molecule has 1 aromatic carbocycles. The Morgan fingerprint density at radius 2 is 1.90 bits per heavy atom. The minimum atomic E-state index is -0.545. The minimum Gasteiger partial charge on any atom is -0.496 e. The maximum absolute atomic E-state index is 12.0. The number of rotatable bonds is 4. The maximum atomic E-state index is 12.0. The van der Waals surface area contributed by atoms with Crippen LogP contribution in [0.15, 0.2) is 29.6 Å². The van der Waals surface area contributed by atoms with Crippen LogP contribution in [0.25, 0.3) is 0 Å². The third kappa shape index (κ3) is 3.53. The summed E-state index contributed by atoms with van der Waals surface area (Å²) >= 11 is 7.19. The molecular formula is C14H11ClO5S. The average Bonchev–Trinajstić information content (AvgIpc) is 2.97. The molecule has 0 aliphatic rings. The van der Waals surface area contributed by atoms with Gasteiger partial charge >= 0.3 is 11.9 Å². The maximum Gasteiger partial charge on any atom is 0.353 e. The van der Waals surface area contributed by atoms with E-state index in [1.165, 1.54) is 43.8 Å². The third-order valence-electron chi connectivity index (χ3n) is 2.57. The Balaban J connectivity index is 2.16. The highest BCUT2D eigenvalue weighted by molar-refractivity contribution is 7.12. The first-order valence-electron chi connectivity index (χ1n) is 5.77. The molecule has 0 radical (unpaired) electrons. The van der Waals surface area contributed by atoms with Crippen molar-refractivity contribution in [3.63, 3.8) is 0 Å². The summed E-state index contributed by atoms with van der Waals surface area (Å²) in [5.41, 5.74) is 0.278. The summed E-state index contributed by atoms with van der Waals surface area (Å²) in [7, 11) is 2.79. The molecule has 21 heavy (non-hydrogen) atoms. The van der Waals surface area contributed by atoms with Crippen LogP contribution in [0.2, 0.25) is 5.02 Å². The van der Waals surface area contributed by atoms with Gasteiger partial charge < -0.3 is 14.2 Å². The van der Waals surface area contributed by atoms with Crippen LogP contribution in [0, 0.1) is 0 Å². The average molecular weight is 327 g/mol. The number of hydrogen-bond acceptors (Lipinski definition) is 6. The van der Waals surface area contributed by atoms with Crippen LogP contribution in [0.5, 0.6) is 11.5 Å². The molecule has 1 aromatic heterocycles. The summed E-state index contributed by atoms with van der Waals surface area (Å²) in [6.07, 6.45) is 0. The van der Waals surface area contributed by atoms with Crippen LogP contribution in [0.1, 0.15) is 20.0 Å². The Bertz CT molecular complexity index is 680. The monoisotopic (exact) mass is 326 g/mol. The van der Waals surface area contributed by atoms with E-state index in [9.17, 15) is 9.59 Å². The summed E-state index contributed by atoms with van der Waals surface area (Å²) in [6.45, 7) is 0. The van der Waals surface area contributed by atoms with Gasteiger partial charge in [-0.3, -0.25) is 0 Å². The first-order valence-corrected chi connectivity index (χ1v) is 7.03. The molecule has 0 saturated heterocycles. The fourth-order valence-electron chi connectivity index (χ4n) is 1.51. The molecule has 0 saturated carbocycles. The Morgan fingerprint density at radius 3 is 2.48 bits per heavy atom. The van der Waals surface area contributed by atoms with Crippen LogP contribution in [-0.2, 0) is 4.74 Å². The van der Waals surface area contributed by atoms with Gasteiger partial charge in [0.1, 0.15) is 16.4 Å². The molecule has 0 amide bonds. The molecule has 2 aromatic rings. The molecule has 0 aliphatic heterocycles. The zero-order valence-electron chi connectivity index (χ0n) is 11.2. The molecule has 0 N–H and O–H groups in total. The van der Waals surface area contributed by atoms with Crippen LogP contribution >= 0.6 is 22.9 Å². The molecule has 0 atom stereocenters. The quantitative estimate of drug-likeness (QED) is 0.636. The van der Waals surface area contributed by atoms with Crippen molar-refractivity contribution in [1.82, 2.24) is 0 Å². The second-order valence-corrected chi connectivity index (χ2v) is 5.20. The minimum absolute atomic E-state index is 0.148. The number of carbonyl (C=O) groups excluding carboxylic acids is 2. The first-order chi connectivity index (χ1) is 10.0. The molecule has 2 rings (SSSR count). The SMILES string of the molecule is COC(=O)c1ccc(OC(=O)c2cc(OC)cs2)c(Cl)c1. The lowest BCUT2D eigenvalue weighted by atomic mass is 10.2. The topological polar surface area (TPSA) is 61.8 Å². The van der Waals surface area contributed by atoms with E-state index in [4.69, 9.17) is 21.1 Å². The Labute approximate surface area is 130 Å². The Hall–Kier alpha value is -2.05. The lowest BCUT2D eigenvalue weighted by molar-refractivity contribution is 0.0600. The van der Waals surface area contributed by atoms with Crippen molar-refractivity contribution in [2.75, 3.05) is 14.2 Å². The van der Waals surface area contributed by atoms with Crippen molar-refractivity contribution in [3.8, 4) is 11.5 Å². The highest BCUT2D eigenvalue weighted by Crippen LogP contribution is 2.28. The highest BCUT2D eigenvalue weighted by Gasteiger charge is 2.15. The molecule has 0 unspecified atom stereocenters. The molecule has 110 valence electrons. The van der Waals surface area contributed by atoms with Gasteiger partial charge in [-0.05, 0) is 18.2 Å². The number of benzene rings is 1. The fraction of sp³-hybridized carbons (Fsp3) is 0.143. The number of esters is 2. The summed E-state index contributed by atoms with van der Waals surface area (Å²) < 4.78 is 14.8. The van der Waals surface area contributed by atoms with Crippen LogP contribution < -0.4 is 9.47 Å². The van der Waals surface area contributed by atoms with E-state index in [-0.39, 0.29) is 16.3 Å². The standard InChI is InChI=1S/C14H11ClO5S/c1-18-9-6-12(21-7-9)14(17)20-11-4-3-8(5-10(11)15)13(16)19-2/h3-7H,1-2H3. The van der Waals surface area contributed by atoms with Crippen molar-refractivity contribution >= 4 is 34.9 Å². The number of methoxy groups -OCH3 is 2. The number of thiophene rings is 1. The van der Waals surface area contributed by atoms with Gasteiger partial charge in [-0.1, -0.05) is 11.6 Å². The Kier molecular flexibility index (Phi) is 4.82. The first kappa shape index (κ1) is 15.3. The Morgan fingerprint density at radius 1 is 1.14 bits per heavy atom. The largest absolute Gasteiger partial charge is 0.496 e. The zero-order valence-corrected chi connectivity index (χ0v) is 12.8. The lowest BCUT2D eigenvalue weighted by Crippen LogP contribution is -2.07. The van der Waals surface area contributed by atoms with E-state index in [1.807, 2.05) is 0 Å². The molecular weight excluding hydrogens is 316 g/mol. The molecule has 0 aliphatic carbocycles. The van der Waals surface area contributed by atoms with E-state index in [0.29, 0.717) is 10.6 Å². The van der Waals surface area contributed by atoms with E-state index < -0.39 is 11.9 Å². The van der Waals surface area contributed by atoms with E-state index in [1.54, 1.807) is 11.4 Å². The van der Waals surface area contributed by atoms with Gasteiger partial charge in [0.15, 0.2) is 0 Å². The number of hydrogen-bond donors (Lipinski definition) is 0. The van der Waals surface area contributed by atoms with Crippen molar-refractivity contribution in [1.29, 1.82) is 0 Å². The van der Waals surface area contributed by atoms with E-state index in [0.717, 1.165) is 0 Å². The molecule has 5 nitrogen and oxygen atoms in total. The molecule has 1 heterocycles. The fourth-order valence-corrected chi connectivity index (χ4v) is 2.46.